The van der Waals surface area contributed by atoms with Crippen molar-refractivity contribution in [2.45, 2.75) is 17.9 Å². The van der Waals surface area contributed by atoms with Crippen LogP contribution in [0.2, 0.25) is 0 Å². The second-order valence-electron chi connectivity index (χ2n) is 3.84. The molecule has 1 aromatic rings. The van der Waals surface area contributed by atoms with Crippen molar-refractivity contribution in [2.75, 3.05) is 18.9 Å². The van der Waals surface area contributed by atoms with Gasteiger partial charge in [-0.2, -0.15) is 0 Å². The number of nitrogen functional groups attached to an aromatic ring is 1. The summed E-state index contributed by atoms with van der Waals surface area (Å²) in [5, 5.41) is 17.6. The molecule has 0 amide bonds. The molecule has 18 heavy (non-hydrogen) atoms. The standard InChI is InChI=1S/C10H15FN2O4S/c1-6-2-7(12)3-9(10(6)11)18(16,17)13-4-8(15)5-14/h2-3,8,13-15H,4-5,12H2,1H3. The van der Waals surface area contributed by atoms with E-state index < -0.39 is 40.0 Å². The van der Waals surface area contributed by atoms with Crippen LogP contribution in [0.15, 0.2) is 17.0 Å². The van der Waals surface area contributed by atoms with Crippen LogP contribution >= 0.6 is 0 Å². The van der Waals surface area contributed by atoms with Gasteiger partial charge in [-0.3, -0.25) is 0 Å². The fraction of sp³-hybridized carbons (Fsp3) is 0.400. The van der Waals surface area contributed by atoms with Crippen molar-refractivity contribution in [3.05, 3.63) is 23.5 Å². The molecule has 0 fully saturated rings. The maximum absolute atomic E-state index is 13.7. The van der Waals surface area contributed by atoms with Crippen molar-refractivity contribution in [1.82, 2.24) is 4.72 Å². The summed E-state index contributed by atoms with van der Waals surface area (Å²) in [6.07, 6.45) is -1.25. The van der Waals surface area contributed by atoms with Gasteiger partial charge in [0.05, 0.1) is 12.7 Å². The molecule has 0 saturated heterocycles. The highest BCUT2D eigenvalue weighted by atomic mass is 32.2. The third kappa shape index (κ3) is 3.39. The Bertz CT molecular complexity index is 533. The van der Waals surface area contributed by atoms with Gasteiger partial charge in [0.15, 0.2) is 0 Å². The Kier molecular flexibility index (Phi) is 4.63. The zero-order valence-corrected chi connectivity index (χ0v) is 10.5. The van der Waals surface area contributed by atoms with Crippen LogP contribution < -0.4 is 10.5 Å². The van der Waals surface area contributed by atoms with Crippen molar-refractivity contribution >= 4 is 15.7 Å². The molecule has 0 bridgehead atoms. The van der Waals surface area contributed by atoms with Crippen molar-refractivity contribution in [3.63, 3.8) is 0 Å². The fourth-order valence-electron chi connectivity index (χ4n) is 1.31. The lowest BCUT2D eigenvalue weighted by Crippen LogP contribution is -2.34. The summed E-state index contributed by atoms with van der Waals surface area (Å²) < 4.78 is 39.2. The van der Waals surface area contributed by atoms with E-state index in [2.05, 4.69) is 0 Å². The van der Waals surface area contributed by atoms with Gasteiger partial charge in [-0.25, -0.2) is 17.5 Å². The Morgan fingerprint density at radius 2 is 2.11 bits per heavy atom. The van der Waals surface area contributed by atoms with Crippen LogP contribution in [0.4, 0.5) is 10.1 Å². The van der Waals surface area contributed by atoms with E-state index in [-0.39, 0.29) is 11.3 Å². The molecule has 8 heteroatoms. The summed E-state index contributed by atoms with van der Waals surface area (Å²) in [4.78, 5) is -0.579. The molecule has 1 unspecified atom stereocenters. The Hall–Kier alpha value is -1.22. The number of nitrogens with two attached hydrogens (primary N) is 1. The van der Waals surface area contributed by atoms with Gasteiger partial charge in [-0.15, -0.1) is 0 Å². The third-order valence-electron chi connectivity index (χ3n) is 2.25. The molecule has 102 valence electrons. The third-order valence-corrected chi connectivity index (χ3v) is 3.68. The number of sulfonamides is 1. The molecule has 0 aliphatic carbocycles. The molecular formula is C10H15FN2O4S. The zero-order valence-electron chi connectivity index (χ0n) is 9.72. The number of hydrogen-bond donors (Lipinski definition) is 4. The van der Waals surface area contributed by atoms with Gasteiger partial charge in [0.25, 0.3) is 0 Å². The Balaban J connectivity index is 3.05. The van der Waals surface area contributed by atoms with Crippen molar-refractivity contribution in [1.29, 1.82) is 0 Å². The molecule has 1 atom stereocenters. The zero-order chi connectivity index (χ0) is 13.9. The van der Waals surface area contributed by atoms with Crippen LogP contribution in [0, 0.1) is 12.7 Å². The minimum Gasteiger partial charge on any atom is -0.399 e. The highest BCUT2D eigenvalue weighted by Gasteiger charge is 2.21. The first-order valence-corrected chi connectivity index (χ1v) is 6.60. The average molecular weight is 278 g/mol. The molecule has 0 radical (unpaired) electrons. The number of hydrogen-bond acceptors (Lipinski definition) is 5. The molecule has 6 nitrogen and oxygen atoms in total. The molecule has 0 aromatic heterocycles. The number of nitrogens with one attached hydrogen (secondary N) is 1. The van der Waals surface area contributed by atoms with E-state index in [0.717, 1.165) is 6.07 Å². The van der Waals surface area contributed by atoms with Gasteiger partial charge in [-0.05, 0) is 24.6 Å². The molecular weight excluding hydrogens is 263 g/mol. The number of aryl methyl sites for hydroxylation is 1. The number of anilines is 1. The van der Waals surface area contributed by atoms with Crippen LogP contribution in [0.3, 0.4) is 0 Å². The average Bonchev–Trinajstić information content (AvgIpc) is 2.30. The highest BCUT2D eigenvalue weighted by Crippen LogP contribution is 2.21. The summed E-state index contributed by atoms with van der Waals surface area (Å²) >= 11 is 0. The van der Waals surface area contributed by atoms with Crippen LogP contribution in [0.1, 0.15) is 5.56 Å². The Morgan fingerprint density at radius 1 is 1.50 bits per heavy atom. The summed E-state index contributed by atoms with van der Waals surface area (Å²) in [6, 6.07) is 2.31. The monoisotopic (exact) mass is 278 g/mol. The quantitative estimate of drug-likeness (QED) is 0.535. The minimum absolute atomic E-state index is 0.109. The van der Waals surface area contributed by atoms with E-state index in [0.29, 0.717) is 0 Å². The lowest BCUT2D eigenvalue weighted by Gasteiger charge is -2.12. The van der Waals surface area contributed by atoms with E-state index in [4.69, 9.17) is 15.9 Å². The summed E-state index contributed by atoms with van der Waals surface area (Å²) in [6.45, 7) is 0.389. The smallest absolute Gasteiger partial charge is 0.243 e. The van der Waals surface area contributed by atoms with Gasteiger partial charge < -0.3 is 15.9 Å². The summed E-state index contributed by atoms with van der Waals surface area (Å²) in [5.74, 6) is -0.893. The first kappa shape index (κ1) is 14.8. The highest BCUT2D eigenvalue weighted by molar-refractivity contribution is 7.89. The van der Waals surface area contributed by atoms with E-state index >= 15 is 0 Å². The second kappa shape index (κ2) is 5.61. The SMILES string of the molecule is Cc1cc(N)cc(S(=O)(=O)NCC(O)CO)c1F. The molecule has 0 aliphatic rings. The number of aliphatic hydroxyl groups excluding tert-OH is 2. The molecule has 0 heterocycles. The first-order chi connectivity index (χ1) is 8.27. The minimum atomic E-state index is -4.12. The number of halogens is 1. The number of rotatable bonds is 5. The summed E-state index contributed by atoms with van der Waals surface area (Å²) in [5.41, 5.74) is 5.69. The van der Waals surface area contributed by atoms with Crippen LogP contribution in [-0.2, 0) is 10.0 Å². The lowest BCUT2D eigenvalue weighted by atomic mass is 10.2. The molecule has 1 rings (SSSR count). The van der Waals surface area contributed by atoms with Crippen molar-refractivity contribution < 1.29 is 23.0 Å². The maximum Gasteiger partial charge on any atom is 0.243 e. The first-order valence-electron chi connectivity index (χ1n) is 5.12. The Morgan fingerprint density at radius 3 is 2.67 bits per heavy atom. The van der Waals surface area contributed by atoms with E-state index in [1.165, 1.54) is 13.0 Å². The fourth-order valence-corrected chi connectivity index (χ4v) is 2.56. The topological polar surface area (TPSA) is 113 Å². The van der Waals surface area contributed by atoms with E-state index in [9.17, 15) is 12.8 Å². The van der Waals surface area contributed by atoms with Gasteiger partial charge in [0.1, 0.15) is 10.7 Å². The lowest BCUT2D eigenvalue weighted by molar-refractivity contribution is 0.0988. The van der Waals surface area contributed by atoms with Crippen molar-refractivity contribution in [3.8, 4) is 0 Å². The second-order valence-corrected chi connectivity index (χ2v) is 5.57. The van der Waals surface area contributed by atoms with E-state index in [1.54, 1.807) is 0 Å². The molecule has 0 aliphatic heterocycles. The van der Waals surface area contributed by atoms with Gasteiger partial charge >= 0.3 is 0 Å². The Labute approximate surface area is 104 Å². The van der Waals surface area contributed by atoms with Gasteiger partial charge in [0, 0.05) is 12.2 Å². The van der Waals surface area contributed by atoms with Crippen LogP contribution in [0.25, 0.3) is 0 Å². The van der Waals surface area contributed by atoms with E-state index in [1.807, 2.05) is 4.72 Å². The van der Waals surface area contributed by atoms with Crippen molar-refractivity contribution in [2.24, 2.45) is 0 Å². The molecule has 5 N–H and O–H groups in total. The predicted octanol–water partition coefficient (Wildman–Crippen LogP) is -0.652. The number of aliphatic hydroxyl groups is 2. The largest absolute Gasteiger partial charge is 0.399 e. The molecule has 0 saturated carbocycles. The molecule has 0 spiro atoms. The predicted molar refractivity (Wildman–Crippen MR) is 63.8 cm³/mol. The van der Waals surface area contributed by atoms with Crippen LogP contribution in [0.5, 0.6) is 0 Å². The summed E-state index contributed by atoms with van der Waals surface area (Å²) in [7, 11) is -4.12. The van der Waals surface area contributed by atoms with Gasteiger partial charge in [0.2, 0.25) is 10.0 Å². The maximum atomic E-state index is 13.7. The van der Waals surface area contributed by atoms with Gasteiger partial charge in [-0.1, -0.05) is 0 Å². The normalized spacial score (nSPS) is 13.6. The number of benzene rings is 1. The van der Waals surface area contributed by atoms with Crippen LogP contribution in [-0.4, -0.2) is 37.9 Å². The molecule has 1 aromatic carbocycles.